The summed E-state index contributed by atoms with van der Waals surface area (Å²) >= 11 is 0. The molecule has 586 valence electrons. The molecule has 17 nitrogen and oxygen atoms in total. The molecule has 0 aliphatic carbocycles. The van der Waals surface area contributed by atoms with Gasteiger partial charge in [-0.2, -0.15) is 0 Å². The lowest BCUT2D eigenvalue weighted by Crippen LogP contribution is -2.30. The normalized spacial score (nSPS) is 14.2. The highest BCUT2D eigenvalue weighted by Crippen LogP contribution is 2.45. The van der Waals surface area contributed by atoms with E-state index in [-0.39, 0.29) is 25.7 Å². The van der Waals surface area contributed by atoms with E-state index in [0.29, 0.717) is 25.7 Å². The summed E-state index contributed by atoms with van der Waals surface area (Å²) in [6.45, 7) is 7.15. The number of carbonyl (C=O) groups is 4. The van der Waals surface area contributed by atoms with E-state index in [1.54, 1.807) is 0 Å². The number of unbranched alkanes of at least 4 members (excludes halogenated alkanes) is 43. The van der Waals surface area contributed by atoms with Crippen LogP contribution in [-0.2, 0) is 65.4 Å². The minimum atomic E-state index is -4.97. The maximum atomic E-state index is 13.1. The molecular weight excluding hydrogens is 1310 g/mol. The molecule has 19 heteroatoms. The molecular formula is C81H150O17P2. The highest BCUT2D eigenvalue weighted by Gasteiger charge is 2.30. The molecule has 0 aromatic carbocycles. The van der Waals surface area contributed by atoms with Crippen molar-refractivity contribution in [2.45, 2.75) is 400 Å². The Morgan fingerprint density at radius 1 is 0.310 bits per heavy atom. The number of hydrogen-bond donors (Lipinski definition) is 3. The molecule has 3 N–H and O–H groups in total. The summed E-state index contributed by atoms with van der Waals surface area (Å²) in [5.74, 6) is -1.45. The predicted molar refractivity (Wildman–Crippen MR) is 409 cm³/mol. The van der Waals surface area contributed by atoms with Gasteiger partial charge in [0.05, 0.1) is 26.4 Å². The number of rotatable bonds is 77. The van der Waals surface area contributed by atoms with E-state index in [2.05, 4.69) is 83.2 Å². The van der Waals surface area contributed by atoms with Crippen LogP contribution in [0.3, 0.4) is 0 Å². The molecule has 0 rings (SSSR count). The molecule has 0 aliphatic heterocycles. The van der Waals surface area contributed by atoms with Crippen molar-refractivity contribution in [2.24, 2.45) is 5.92 Å². The van der Waals surface area contributed by atoms with Crippen LogP contribution in [-0.4, -0.2) is 96.7 Å². The van der Waals surface area contributed by atoms with E-state index in [1.807, 2.05) is 0 Å². The number of aliphatic hydroxyl groups is 1. The molecule has 0 spiro atoms. The van der Waals surface area contributed by atoms with Crippen LogP contribution in [0, 0.1) is 5.92 Å². The first-order valence-corrected chi connectivity index (χ1v) is 43.8. The van der Waals surface area contributed by atoms with Crippen molar-refractivity contribution < 1.29 is 80.2 Å². The van der Waals surface area contributed by atoms with Crippen LogP contribution in [0.2, 0.25) is 0 Å². The Kier molecular flexibility index (Phi) is 70.8. The second-order valence-electron chi connectivity index (χ2n) is 28.3. The van der Waals surface area contributed by atoms with E-state index in [0.717, 1.165) is 134 Å². The zero-order valence-electron chi connectivity index (χ0n) is 64.3. The van der Waals surface area contributed by atoms with Crippen LogP contribution < -0.4 is 0 Å². The predicted octanol–water partition coefficient (Wildman–Crippen LogP) is 23.5. The Labute approximate surface area is 610 Å². The van der Waals surface area contributed by atoms with Crippen molar-refractivity contribution in [2.75, 3.05) is 39.6 Å². The molecule has 100 heavy (non-hydrogen) atoms. The van der Waals surface area contributed by atoms with E-state index in [4.69, 9.17) is 37.0 Å². The number of carbonyl (C=O) groups excluding carboxylic acids is 4. The quantitative estimate of drug-likeness (QED) is 0.0169. The average molecular weight is 1460 g/mol. The molecule has 0 bridgehead atoms. The van der Waals surface area contributed by atoms with E-state index in [1.165, 1.54) is 167 Å². The lowest BCUT2D eigenvalue weighted by atomic mass is 10.0. The molecule has 5 atom stereocenters. The zero-order chi connectivity index (χ0) is 73.4. The second kappa shape index (κ2) is 72.9. The number of allylic oxidation sites excluding steroid dienone is 8. The van der Waals surface area contributed by atoms with Crippen molar-refractivity contribution in [1.29, 1.82) is 0 Å². The van der Waals surface area contributed by atoms with Gasteiger partial charge in [0, 0.05) is 25.7 Å². The van der Waals surface area contributed by atoms with Gasteiger partial charge in [-0.25, -0.2) is 9.13 Å². The van der Waals surface area contributed by atoms with Crippen molar-refractivity contribution >= 4 is 39.5 Å². The van der Waals surface area contributed by atoms with Crippen LogP contribution in [0.15, 0.2) is 48.6 Å². The van der Waals surface area contributed by atoms with Crippen molar-refractivity contribution in [3.05, 3.63) is 48.6 Å². The lowest BCUT2D eigenvalue weighted by molar-refractivity contribution is -0.161. The Bertz CT molecular complexity index is 2100. The average Bonchev–Trinajstić information content (AvgIpc) is 0.988. The Morgan fingerprint density at radius 3 is 0.820 bits per heavy atom. The number of phosphoric acid groups is 2. The van der Waals surface area contributed by atoms with E-state index < -0.39 is 97.5 Å². The van der Waals surface area contributed by atoms with Gasteiger partial charge in [0.25, 0.3) is 0 Å². The van der Waals surface area contributed by atoms with E-state index in [9.17, 15) is 43.2 Å². The fourth-order valence-corrected chi connectivity index (χ4v) is 13.1. The molecule has 0 heterocycles. The fraction of sp³-hybridized carbons (Fsp3) is 0.852. The number of esters is 4. The number of ether oxygens (including phenoxy) is 4. The highest BCUT2D eigenvalue weighted by atomic mass is 31.2. The lowest BCUT2D eigenvalue weighted by Gasteiger charge is -2.21. The second-order valence-corrected chi connectivity index (χ2v) is 31.2. The van der Waals surface area contributed by atoms with Gasteiger partial charge in [-0.1, -0.05) is 327 Å². The third-order valence-corrected chi connectivity index (χ3v) is 19.7. The summed E-state index contributed by atoms with van der Waals surface area (Å²) in [7, 11) is -9.94. The van der Waals surface area contributed by atoms with Crippen molar-refractivity contribution in [1.82, 2.24) is 0 Å². The molecule has 0 saturated carbocycles. The highest BCUT2D eigenvalue weighted by molar-refractivity contribution is 7.47. The zero-order valence-corrected chi connectivity index (χ0v) is 66.1. The van der Waals surface area contributed by atoms with Gasteiger partial charge in [-0.05, 0) is 83.0 Å². The van der Waals surface area contributed by atoms with Crippen LogP contribution in [0.4, 0.5) is 0 Å². The standard InChI is InChI=1S/C81H150O17P2/c1-6-9-12-15-18-21-24-27-30-31-32-33-36-39-42-45-52-57-62-67-80(85)97-76(70-91-78(83)64-59-54-49-43-40-37-34-28-25-22-19-16-13-10-7-2)72-95-99(87,88)93-68-75(82)69-94-100(89,90)96-73-77(71-92-79(84)65-60-55-50-47-46-48-53-58-63-74(4)5)98-81(86)66-61-56-51-44-41-38-35-29-26-23-20-17-14-11-8-3/h22-23,25-26,28-29,34-35,74-77,82H,6-21,24,27,30-33,36-73H2,1-5H3,(H,87,88)(H,89,90)/b25-22-,26-23-,34-28-,35-29-/t75-,76-,77-/m1/s1. The first-order valence-electron chi connectivity index (χ1n) is 40.8. The minimum Gasteiger partial charge on any atom is -0.462 e. The topological polar surface area (TPSA) is 237 Å². The molecule has 0 aromatic heterocycles. The van der Waals surface area contributed by atoms with Crippen LogP contribution in [0.5, 0.6) is 0 Å². The molecule has 0 aromatic rings. The third kappa shape index (κ3) is 73.3. The first-order chi connectivity index (χ1) is 48.5. The first kappa shape index (κ1) is 97.0. The summed E-state index contributed by atoms with van der Waals surface area (Å²) in [5.41, 5.74) is 0. The Hall–Kier alpha value is -2.98. The third-order valence-electron chi connectivity index (χ3n) is 17.8. The number of aliphatic hydroxyl groups excluding tert-OH is 1. The van der Waals surface area contributed by atoms with Crippen LogP contribution in [0.25, 0.3) is 0 Å². The van der Waals surface area contributed by atoms with Gasteiger partial charge in [0.1, 0.15) is 19.3 Å². The fourth-order valence-electron chi connectivity index (χ4n) is 11.5. The molecule has 0 radical (unpaired) electrons. The molecule has 0 saturated heterocycles. The van der Waals surface area contributed by atoms with Crippen molar-refractivity contribution in [3.63, 3.8) is 0 Å². The number of hydrogen-bond acceptors (Lipinski definition) is 15. The van der Waals surface area contributed by atoms with Gasteiger partial charge in [0.15, 0.2) is 12.2 Å². The largest absolute Gasteiger partial charge is 0.472 e. The van der Waals surface area contributed by atoms with Gasteiger partial charge in [-0.3, -0.25) is 37.3 Å². The van der Waals surface area contributed by atoms with E-state index >= 15 is 0 Å². The minimum absolute atomic E-state index is 0.0824. The summed E-state index contributed by atoms with van der Waals surface area (Å²) < 4.78 is 68.6. The summed E-state index contributed by atoms with van der Waals surface area (Å²) in [6, 6.07) is 0. The number of phosphoric ester groups is 2. The van der Waals surface area contributed by atoms with Gasteiger partial charge >= 0.3 is 39.5 Å². The SMILES string of the molecule is CCCCCC/C=C\C=C/CCCCCCCC(=O)OC[C@H](COP(=O)(O)OC[C@@H](O)COP(=O)(O)OC[C@@H](COC(=O)CCCCCCCCCCC(C)C)OC(=O)CCCCCCC/C=C\C=C/CCCCCC)OC(=O)CCCCCCCCCCCCCCCCCCCCC. The molecule has 2 unspecified atom stereocenters. The smallest absolute Gasteiger partial charge is 0.462 e. The maximum Gasteiger partial charge on any atom is 0.472 e. The van der Waals surface area contributed by atoms with Crippen LogP contribution >= 0.6 is 15.6 Å². The van der Waals surface area contributed by atoms with Crippen molar-refractivity contribution in [3.8, 4) is 0 Å². The monoisotopic (exact) mass is 1460 g/mol. The maximum absolute atomic E-state index is 13.1. The van der Waals surface area contributed by atoms with Crippen LogP contribution in [0.1, 0.15) is 381 Å². The Balaban J connectivity index is 5.31. The van der Waals surface area contributed by atoms with Gasteiger partial charge in [-0.15, -0.1) is 0 Å². The van der Waals surface area contributed by atoms with Gasteiger partial charge < -0.3 is 33.8 Å². The van der Waals surface area contributed by atoms with Gasteiger partial charge in [0.2, 0.25) is 0 Å². The summed E-state index contributed by atoms with van der Waals surface area (Å²) in [4.78, 5) is 73.0. The summed E-state index contributed by atoms with van der Waals surface area (Å²) in [6.07, 6.45) is 69.6. The summed E-state index contributed by atoms with van der Waals surface area (Å²) in [5, 5.41) is 10.6. The Morgan fingerprint density at radius 2 is 0.540 bits per heavy atom. The molecule has 0 amide bonds. The molecule has 0 aliphatic rings. The molecule has 0 fully saturated rings.